The molecule has 18 heavy (non-hydrogen) atoms. The van der Waals surface area contributed by atoms with E-state index in [0.717, 1.165) is 0 Å². The van der Waals surface area contributed by atoms with Crippen LogP contribution in [0.4, 0.5) is 23.0 Å². The van der Waals surface area contributed by atoms with Gasteiger partial charge in [0, 0.05) is 6.07 Å². The first kappa shape index (κ1) is 13.7. The van der Waals surface area contributed by atoms with Gasteiger partial charge in [-0.15, -0.1) is 17.5 Å². The summed E-state index contributed by atoms with van der Waals surface area (Å²) >= 11 is 0. The Bertz CT molecular complexity index is 559. The maximum Gasteiger partial charge on any atom is 0.168 e. The van der Waals surface area contributed by atoms with Gasteiger partial charge in [0.2, 0.25) is 0 Å². The number of anilines is 2. The molecule has 1 aromatic carbocycles. The molecular weight excluding hydrogens is 254 g/mol. The summed E-state index contributed by atoms with van der Waals surface area (Å²) in [4.78, 5) is 3.74. The van der Waals surface area contributed by atoms with E-state index in [1.165, 1.54) is 6.07 Å². The molecule has 0 atom stereocenters. The van der Waals surface area contributed by atoms with Crippen molar-refractivity contribution in [2.45, 2.75) is 0 Å². The minimum absolute atomic E-state index is 0. The van der Waals surface area contributed by atoms with Gasteiger partial charge in [0.05, 0.1) is 5.69 Å². The lowest BCUT2D eigenvalue weighted by Crippen LogP contribution is -1.96. The minimum Gasteiger partial charge on any atom is -0.504 e. The van der Waals surface area contributed by atoms with Crippen LogP contribution in [0, 0.1) is 0 Å². The van der Waals surface area contributed by atoms with Crippen molar-refractivity contribution in [2.75, 3.05) is 11.5 Å². The maximum absolute atomic E-state index is 9.38. The van der Waals surface area contributed by atoms with E-state index in [2.05, 4.69) is 15.2 Å². The number of azo groups is 1. The highest BCUT2D eigenvalue weighted by Gasteiger charge is 2.05. The van der Waals surface area contributed by atoms with Gasteiger partial charge in [-0.05, 0) is 12.1 Å². The van der Waals surface area contributed by atoms with Crippen molar-refractivity contribution in [1.29, 1.82) is 0 Å². The first-order valence-corrected chi connectivity index (χ1v) is 4.88. The van der Waals surface area contributed by atoms with Crippen LogP contribution in [0.15, 0.2) is 46.6 Å². The predicted molar refractivity (Wildman–Crippen MR) is 72.6 cm³/mol. The van der Waals surface area contributed by atoms with Crippen molar-refractivity contribution in [2.24, 2.45) is 10.2 Å². The number of hydrogen-bond donors (Lipinski definition) is 3. The van der Waals surface area contributed by atoms with Crippen LogP contribution < -0.4 is 11.5 Å². The van der Waals surface area contributed by atoms with Gasteiger partial charge in [-0.1, -0.05) is 18.2 Å². The maximum atomic E-state index is 9.38. The zero-order valence-electron chi connectivity index (χ0n) is 9.32. The van der Waals surface area contributed by atoms with Crippen molar-refractivity contribution in [1.82, 2.24) is 4.98 Å². The van der Waals surface area contributed by atoms with Crippen LogP contribution in [-0.4, -0.2) is 10.1 Å². The van der Waals surface area contributed by atoms with Crippen LogP contribution in [0.2, 0.25) is 0 Å². The Hall–Kier alpha value is -2.34. The fraction of sp³-hybridized carbons (Fsp3) is 0. The van der Waals surface area contributed by atoms with Crippen LogP contribution in [0.1, 0.15) is 0 Å². The number of aromatic hydroxyl groups is 1. The summed E-state index contributed by atoms with van der Waals surface area (Å²) in [5.74, 6) is -0.0673. The van der Waals surface area contributed by atoms with Gasteiger partial charge in [0.15, 0.2) is 17.4 Å². The third kappa shape index (κ3) is 3.08. The van der Waals surface area contributed by atoms with Crippen molar-refractivity contribution in [3.05, 3.63) is 36.4 Å². The molecule has 0 amide bonds. The second-order valence-corrected chi connectivity index (χ2v) is 3.33. The molecule has 6 nitrogen and oxygen atoms in total. The molecule has 1 heterocycles. The normalized spacial score (nSPS) is 10.2. The van der Waals surface area contributed by atoms with E-state index in [-0.39, 0.29) is 35.5 Å². The van der Waals surface area contributed by atoms with E-state index in [4.69, 9.17) is 11.5 Å². The Morgan fingerprint density at radius 3 is 2.33 bits per heavy atom. The number of aromatic nitrogens is 1. The number of nitrogens with zero attached hydrogens (tertiary/aromatic N) is 3. The van der Waals surface area contributed by atoms with Gasteiger partial charge < -0.3 is 16.6 Å². The van der Waals surface area contributed by atoms with Gasteiger partial charge in [-0.2, -0.15) is 5.11 Å². The number of hydrogen-bond acceptors (Lipinski definition) is 6. The van der Waals surface area contributed by atoms with E-state index in [0.29, 0.717) is 5.69 Å². The minimum atomic E-state index is -0.166. The summed E-state index contributed by atoms with van der Waals surface area (Å²) in [6.07, 6.45) is 0. The number of nitrogens with two attached hydrogens (primary N) is 2. The average Bonchev–Trinajstić information content (AvgIpc) is 2.33. The van der Waals surface area contributed by atoms with Gasteiger partial charge in [-0.25, -0.2) is 4.98 Å². The van der Waals surface area contributed by atoms with Gasteiger partial charge in [0.1, 0.15) is 5.69 Å². The quantitative estimate of drug-likeness (QED) is 0.725. The zero-order chi connectivity index (χ0) is 12.3. The average molecular weight is 266 g/mol. The highest BCUT2D eigenvalue weighted by Crippen LogP contribution is 2.30. The van der Waals surface area contributed by atoms with Crippen LogP contribution in [0.25, 0.3) is 0 Å². The molecule has 2 aromatic rings. The van der Waals surface area contributed by atoms with Crippen LogP contribution >= 0.6 is 12.4 Å². The number of pyridine rings is 1. The van der Waals surface area contributed by atoms with E-state index in [9.17, 15) is 5.11 Å². The molecule has 0 fully saturated rings. The fourth-order valence-electron chi connectivity index (χ4n) is 1.21. The molecule has 2 rings (SSSR count). The predicted octanol–water partition coefficient (Wildman–Crippen LogP) is 2.79. The SMILES string of the molecule is Cl.Nc1nc(N)c(/N=N/c2ccccc2)cc1O. The summed E-state index contributed by atoms with van der Waals surface area (Å²) in [5, 5.41) is 17.2. The molecule has 0 aliphatic carbocycles. The van der Waals surface area contributed by atoms with E-state index in [1.54, 1.807) is 12.1 Å². The van der Waals surface area contributed by atoms with Crippen molar-refractivity contribution >= 4 is 35.4 Å². The fourth-order valence-corrected chi connectivity index (χ4v) is 1.21. The molecule has 7 heteroatoms. The molecule has 94 valence electrons. The molecule has 0 radical (unpaired) electrons. The van der Waals surface area contributed by atoms with E-state index >= 15 is 0 Å². The monoisotopic (exact) mass is 265 g/mol. The number of benzene rings is 1. The zero-order valence-corrected chi connectivity index (χ0v) is 10.1. The molecule has 0 aliphatic heterocycles. The first-order valence-electron chi connectivity index (χ1n) is 4.88. The lowest BCUT2D eigenvalue weighted by atomic mass is 10.3. The molecule has 0 unspecified atom stereocenters. The number of nitrogen functional groups attached to an aromatic ring is 2. The molecule has 0 bridgehead atoms. The number of halogens is 1. The highest BCUT2D eigenvalue weighted by atomic mass is 35.5. The van der Waals surface area contributed by atoms with Crippen molar-refractivity contribution < 1.29 is 5.11 Å². The van der Waals surface area contributed by atoms with Gasteiger partial charge in [0.25, 0.3) is 0 Å². The molecule has 0 spiro atoms. The Morgan fingerprint density at radius 1 is 1.00 bits per heavy atom. The van der Waals surface area contributed by atoms with Crippen molar-refractivity contribution in [3.8, 4) is 5.75 Å². The van der Waals surface area contributed by atoms with Crippen LogP contribution in [0.5, 0.6) is 5.75 Å². The standard InChI is InChI=1S/C11H11N5O.ClH/c12-10-8(6-9(17)11(13)14-10)16-15-7-4-2-1-3-5-7;/h1-6,17H,(H4,12,13,14);1H/b16-15+;. The van der Waals surface area contributed by atoms with Crippen molar-refractivity contribution in [3.63, 3.8) is 0 Å². The Balaban J connectivity index is 0.00000162. The highest BCUT2D eigenvalue weighted by molar-refractivity contribution is 5.85. The van der Waals surface area contributed by atoms with Gasteiger partial charge >= 0.3 is 0 Å². The second kappa shape index (κ2) is 5.83. The molecular formula is C11H12ClN5O. The summed E-state index contributed by atoms with van der Waals surface area (Å²) in [7, 11) is 0. The largest absolute Gasteiger partial charge is 0.504 e. The van der Waals surface area contributed by atoms with Gasteiger partial charge in [-0.3, -0.25) is 0 Å². The third-order valence-corrected chi connectivity index (χ3v) is 2.07. The van der Waals surface area contributed by atoms with Crippen LogP contribution in [0.3, 0.4) is 0 Å². The van der Waals surface area contributed by atoms with Crippen LogP contribution in [-0.2, 0) is 0 Å². The lowest BCUT2D eigenvalue weighted by Gasteiger charge is -2.01. The third-order valence-electron chi connectivity index (χ3n) is 2.07. The Labute approximate surface area is 110 Å². The molecule has 5 N–H and O–H groups in total. The summed E-state index contributed by atoms with van der Waals surface area (Å²) in [6, 6.07) is 10.5. The van der Waals surface area contributed by atoms with E-state index in [1.807, 2.05) is 18.2 Å². The summed E-state index contributed by atoms with van der Waals surface area (Å²) in [6.45, 7) is 0. The first-order chi connectivity index (χ1) is 8.16. The molecule has 0 aliphatic rings. The smallest absolute Gasteiger partial charge is 0.168 e. The summed E-state index contributed by atoms with van der Waals surface area (Å²) < 4.78 is 0. The number of rotatable bonds is 2. The second-order valence-electron chi connectivity index (χ2n) is 3.33. The molecule has 0 saturated heterocycles. The topological polar surface area (TPSA) is 110 Å². The Kier molecular flexibility index (Phi) is 4.45. The van der Waals surface area contributed by atoms with E-state index < -0.39 is 0 Å². The lowest BCUT2D eigenvalue weighted by molar-refractivity contribution is 0.476. The molecule has 0 saturated carbocycles. The summed E-state index contributed by atoms with van der Waals surface area (Å²) in [5.41, 5.74) is 11.9. The Morgan fingerprint density at radius 2 is 1.67 bits per heavy atom. The molecule has 1 aromatic heterocycles.